The van der Waals surface area contributed by atoms with Crippen molar-refractivity contribution in [2.24, 2.45) is 14.1 Å². The fraction of sp³-hybridized carbons (Fsp3) is 0.385. The second-order valence-corrected chi connectivity index (χ2v) is 4.60. The number of carbonyl (C=O) groups excluding carboxylic acids is 1. The zero-order valence-electron chi connectivity index (χ0n) is 11.6. The lowest BCUT2D eigenvalue weighted by Gasteiger charge is -2.08. The number of aromatic nitrogens is 3. The van der Waals surface area contributed by atoms with Gasteiger partial charge in [0.05, 0.1) is 17.3 Å². The van der Waals surface area contributed by atoms with Gasteiger partial charge in [-0.05, 0) is 12.5 Å². The number of carbonyl (C=O) groups is 1. The molecule has 0 atom stereocenters. The monoisotopic (exact) mass is 276 g/mol. The molecule has 0 saturated carbocycles. The van der Waals surface area contributed by atoms with E-state index in [1.165, 1.54) is 23.9 Å². The first-order valence-corrected chi connectivity index (χ1v) is 6.31. The summed E-state index contributed by atoms with van der Waals surface area (Å²) in [6.45, 7) is 1.91. The van der Waals surface area contributed by atoms with Gasteiger partial charge in [-0.15, -0.1) is 0 Å². The van der Waals surface area contributed by atoms with Crippen molar-refractivity contribution in [3.63, 3.8) is 0 Å². The van der Waals surface area contributed by atoms with Gasteiger partial charge in [0.15, 0.2) is 0 Å². The number of fused-ring (bicyclic) bond motifs is 1. The normalized spacial score (nSPS) is 10.8. The minimum Gasteiger partial charge on any atom is -0.325 e. The molecular formula is C13H16N4O3. The zero-order valence-corrected chi connectivity index (χ0v) is 11.6. The molecule has 1 amide bonds. The number of anilines is 1. The maximum atomic E-state index is 12.1. The average molecular weight is 276 g/mol. The first kappa shape index (κ1) is 14.0. The lowest BCUT2D eigenvalue weighted by atomic mass is 10.2. The molecule has 0 aromatic carbocycles. The molecule has 0 saturated heterocycles. The average Bonchev–Trinajstić information content (AvgIpc) is 2.43. The molecule has 2 rings (SSSR count). The van der Waals surface area contributed by atoms with Gasteiger partial charge >= 0.3 is 5.69 Å². The number of hydrogen-bond donors (Lipinski definition) is 1. The van der Waals surface area contributed by atoms with Crippen molar-refractivity contribution in [2.45, 2.75) is 19.8 Å². The van der Waals surface area contributed by atoms with Crippen LogP contribution in [0.2, 0.25) is 0 Å². The first-order chi connectivity index (χ1) is 9.45. The molecule has 1 N–H and O–H groups in total. The Morgan fingerprint density at radius 2 is 2.00 bits per heavy atom. The number of rotatable bonds is 3. The van der Waals surface area contributed by atoms with Gasteiger partial charge in [-0.25, -0.2) is 9.78 Å². The highest BCUT2D eigenvalue weighted by atomic mass is 16.2. The number of nitrogens with one attached hydrogen (secondary N) is 1. The van der Waals surface area contributed by atoms with Crippen LogP contribution >= 0.6 is 0 Å². The van der Waals surface area contributed by atoms with Crippen molar-refractivity contribution in [1.82, 2.24) is 14.1 Å². The summed E-state index contributed by atoms with van der Waals surface area (Å²) < 4.78 is 2.32. The molecule has 7 heteroatoms. The van der Waals surface area contributed by atoms with Crippen LogP contribution in [0, 0.1) is 0 Å². The second-order valence-electron chi connectivity index (χ2n) is 4.60. The molecule has 106 valence electrons. The first-order valence-electron chi connectivity index (χ1n) is 6.31. The highest BCUT2D eigenvalue weighted by Crippen LogP contribution is 2.12. The van der Waals surface area contributed by atoms with Crippen LogP contribution in [0.3, 0.4) is 0 Å². The van der Waals surface area contributed by atoms with Gasteiger partial charge < -0.3 is 5.32 Å². The van der Waals surface area contributed by atoms with E-state index in [2.05, 4.69) is 10.3 Å². The zero-order chi connectivity index (χ0) is 14.9. The van der Waals surface area contributed by atoms with E-state index in [0.717, 1.165) is 11.0 Å². The van der Waals surface area contributed by atoms with E-state index in [1.807, 2.05) is 6.92 Å². The minimum absolute atomic E-state index is 0.129. The SMILES string of the molecule is CCCC(=O)Nc1cnc2c(c1)c(=O)n(C)c(=O)n2C. The molecular weight excluding hydrogens is 260 g/mol. The molecule has 2 aromatic heterocycles. The van der Waals surface area contributed by atoms with E-state index in [9.17, 15) is 14.4 Å². The Balaban J connectivity index is 2.58. The highest BCUT2D eigenvalue weighted by Gasteiger charge is 2.11. The Kier molecular flexibility index (Phi) is 3.69. The molecule has 7 nitrogen and oxygen atoms in total. The molecule has 0 aliphatic rings. The van der Waals surface area contributed by atoms with E-state index < -0.39 is 11.2 Å². The van der Waals surface area contributed by atoms with Gasteiger partial charge in [0.25, 0.3) is 5.56 Å². The van der Waals surface area contributed by atoms with Crippen molar-refractivity contribution >= 4 is 22.6 Å². The Hall–Kier alpha value is -2.44. The largest absolute Gasteiger partial charge is 0.332 e. The number of pyridine rings is 1. The third-order valence-electron chi connectivity index (χ3n) is 3.05. The standard InChI is InChI=1S/C13H16N4O3/c1-4-5-10(18)15-8-6-9-11(14-7-8)16(2)13(20)17(3)12(9)19/h6-7H,4-5H2,1-3H3,(H,15,18). The predicted octanol–water partition coefficient (Wildman–Crippen LogP) is 0.371. The van der Waals surface area contributed by atoms with E-state index >= 15 is 0 Å². The van der Waals surface area contributed by atoms with Gasteiger partial charge in [0, 0.05) is 20.5 Å². The minimum atomic E-state index is -0.433. The summed E-state index contributed by atoms with van der Waals surface area (Å²) in [5.74, 6) is -0.129. The molecule has 0 radical (unpaired) electrons. The van der Waals surface area contributed by atoms with Crippen LogP contribution in [-0.2, 0) is 18.9 Å². The smallest absolute Gasteiger partial charge is 0.325 e. The van der Waals surface area contributed by atoms with Gasteiger partial charge in [-0.2, -0.15) is 0 Å². The van der Waals surface area contributed by atoms with Gasteiger partial charge in [0.1, 0.15) is 5.65 Å². The summed E-state index contributed by atoms with van der Waals surface area (Å²) >= 11 is 0. The van der Waals surface area contributed by atoms with Crippen LogP contribution in [0.1, 0.15) is 19.8 Å². The lowest BCUT2D eigenvalue weighted by molar-refractivity contribution is -0.116. The summed E-state index contributed by atoms with van der Waals surface area (Å²) in [5.41, 5.74) is -0.113. The van der Waals surface area contributed by atoms with E-state index in [-0.39, 0.29) is 5.91 Å². The van der Waals surface area contributed by atoms with Crippen molar-refractivity contribution in [3.8, 4) is 0 Å². The third kappa shape index (κ3) is 2.34. The Bertz CT molecular complexity index is 789. The third-order valence-corrected chi connectivity index (χ3v) is 3.05. The van der Waals surface area contributed by atoms with E-state index in [4.69, 9.17) is 0 Å². The van der Waals surface area contributed by atoms with Crippen molar-refractivity contribution in [2.75, 3.05) is 5.32 Å². The quantitative estimate of drug-likeness (QED) is 0.877. The maximum absolute atomic E-state index is 12.1. The maximum Gasteiger partial charge on any atom is 0.332 e. The molecule has 2 aromatic rings. The summed E-state index contributed by atoms with van der Waals surface area (Å²) in [6, 6.07) is 1.54. The molecule has 0 bridgehead atoms. The van der Waals surface area contributed by atoms with Crippen LogP contribution in [0.5, 0.6) is 0 Å². The summed E-state index contributed by atoms with van der Waals surface area (Å²) in [7, 11) is 2.96. The van der Waals surface area contributed by atoms with E-state index in [1.54, 1.807) is 7.05 Å². The highest BCUT2D eigenvalue weighted by molar-refractivity contribution is 5.92. The topological polar surface area (TPSA) is 86.0 Å². The molecule has 20 heavy (non-hydrogen) atoms. The fourth-order valence-electron chi connectivity index (χ4n) is 1.98. The van der Waals surface area contributed by atoms with Crippen LogP contribution in [-0.4, -0.2) is 20.0 Å². The lowest BCUT2D eigenvalue weighted by Crippen LogP contribution is -2.37. The van der Waals surface area contributed by atoms with Crippen LogP contribution < -0.4 is 16.6 Å². The molecule has 0 aliphatic carbocycles. The molecule has 2 heterocycles. The Labute approximate surface area is 114 Å². The molecule has 0 spiro atoms. The van der Waals surface area contributed by atoms with Gasteiger partial charge in [0.2, 0.25) is 5.91 Å². The van der Waals surface area contributed by atoms with Crippen LogP contribution in [0.4, 0.5) is 5.69 Å². The van der Waals surface area contributed by atoms with Crippen molar-refractivity contribution in [3.05, 3.63) is 33.1 Å². The second kappa shape index (κ2) is 5.28. The Morgan fingerprint density at radius 3 is 2.65 bits per heavy atom. The van der Waals surface area contributed by atoms with Gasteiger partial charge in [-0.1, -0.05) is 6.92 Å². The Morgan fingerprint density at radius 1 is 1.30 bits per heavy atom. The predicted molar refractivity (Wildman–Crippen MR) is 75.8 cm³/mol. The summed E-state index contributed by atoms with van der Waals surface area (Å²) in [5, 5.41) is 2.97. The summed E-state index contributed by atoms with van der Waals surface area (Å²) in [6.07, 6.45) is 2.58. The van der Waals surface area contributed by atoms with Crippen molar-refractivity contribution in [1.29, 1.82) is 0 Å². The molecule has 0 aliphatic heterocycles. The van der Waals surface area contributed by atoms with Crippen LogP contribution in [0.15, 0.2) is 21.9 Å². The number of hydrogen-bond acceptors (Lipinski definition) is 4. The molecule has 0 unspecified atom stereocenters. The fourth-order valence-corrected chi connectivity index (χ4v) is 1.98. The van der Waals surface area contributed by atoms with Gasteiger partial charge in [-0.3, -0.25) is 18.7 Å². The number of aryl methyl sites for hydroxylation is 1. The number of nitrogens with zero attached hydrogens (tertiary/aromatic N) is 3. The van der Waals surface area contributed by atoms with Crippen LogP contribution in [0.25, 0.3) is 11.0 Å². The van der Waals surface area contributed by atoms with Crippen molar-refractivity contribution < 1.29 is 4.79 Å². The van der Waals surface area contributed by atoms with E-state index in [0.29, 0.717) is 23.1 Å². The number of amides is 1. The molecule has 0 fully saturated rings. The summed E-state index contributed by atoms with van der Waals surface area (Å²) in [4.78, 5) is 39.5.